The van der Waals surface area contributed by atoms with Crippen molar-refractivity contribution in [2.75, 3.05) is 12.4 Å². The summed E-state index contributed by atoms with van der Waals surface area (Å²) < 4.78 is 7.45. The summed E-state index contributed by atoms with van der Waals surface area (Å²) in [4.78, 5) is 17.3. The summed E-state index contributed by atoms with van der Waals surface area (Å²) in [7, 11) is 1.62. The maximum atomic E-state index is 12.9. The molecule has 2 aromatic carbocycles. The van der Waals surface area contributed by atoms with E-state index in [2.05, 4.69) is 20.5 Å². The first-order valence-corrected chi connectivity index (χ1v) is 11.0. The van der Waals surface area contributed by atoms with Crippen molar-refractivity contribution in [1.82, 2.24) is 19.7 Å². The Morgan fingerprint density at radius 2 is 1.78 bits per heavy atom. The highest BCUT2D eigenvalue weighted by Gasteiger charge is 2.24. The van der Waals surface area contributed by atoms with Gasteiger partial charge in [-0.25, -0.2) is 0 Å². The molecule has 0 bridgehead atoms. The molecule has 2 heterocycles. The molecule has 0 aliphatic rings. The number of hydrogen-bond donors (Lipinski definition) is 1. The summed E-state index contributed by atoms with van der Waals surface area (Å²) in [5.74, 6) is 1.13. The molecule has 4 rings (SSSR count). The van der Waals surface area contributed by atoms with E-state index in [0.29, 0.717) is 22.4 Å². The monoisotopic (exact) mass is 445 g/mol. The predicted molar refractivity (Wildman–Crippen MR) is 126 cm³/mol. The fraction of sp³-hybridized carbons (Fsp3) is 0.167. The lowest BCUT2D eigenvalue weighted by Gasteiger charge is -2.16. The zero-order valence-corrected chi connectivity index (χ0v) is 18.8. The van der Waals surface area contributed by atoms with Crippen LogP contribution in [0.4, 0.5) is 5.69 Å². The Hall–Kier alpha value is -3.65. The van der Waals surface area contributed by atoms with E-state index in [4.69, 9.17) is 4.74 Å². The second-order valence-corrected chi connectivity index (χ2v) is 8.40. The van der Waals surface area contributed by atoms with Gasteiger partial charge in [-0.05, 0) is 49.7 Å². The number of hydrogen-bond acceptors (Lipinski definition) is 6. The fourth-order valence-electron chi connectivity index (χ4n) is 3.20. The zero-order chi connectivity index (χ0) is 22.5. The first kappa shape index (κ1) is 21.6. The van der Waals surface area contributed by atoms with Crippen LogP contribution in [0.1, 0.15) is 12.5 Å². The molecule has 162 valence electrons. The maximum Gasteiger partial charge on any atom is 0.237 e. The van der Waals surface area contributed by atoms with Crippen LogP contribution in [0.3, 0.4) is 0 Å². The lowest BCUT2D eigenvalue weighted by Crippen LogP contribution is -2.23. The zero-order valence-electron chi connectivity index (χ0n) is 18.0. The lowest BCUT2D eigenvalue weighted by atomic mass is 10.2. The van der Waals surface area contributed by atoms with E-state index in [1.54, 1.807) is 13.3 Å². The van der Waals surface area contributed by atoms with Crippen molar-refractivity contribution in [2.45, 2.75) is 24.3 Å². The molecule has 0 radical (unpaired) electrons. The van der Waals surface area contributed by atoms with Gasteiger partial charge in [0.15, 0.2) is 11.0 Å². The first-order valence-electron chi connectivity index (χ1n) is 10.1. The van der Waals surface area contributed by atoms with Crippen LogP contribution >= 0.6 is 11.8 Å². The standard InChI is InChI=1S/C24H23N5O2S/c1-16-10-4-5-11-18(16)26-23(30)17(2)32-24-28-27-22(19-12-8-9-15-25-19)29(24)20-13-6-7-14-21(20)31-3/h4-15,17H,1-3H3,(H,26,30)/t17-/m1/s1. The van der Waals surface area contributed by atoms with Crippen LogP contribution in [0, 0.1) is 6.92 Å². The Morgan fingerprint density at radius 3 is 2.53 bits per heavy atom. The molecule has 7 nitrogen and oxygen atoms in total. The number of ether oxygens (including phenoxy) is 1. The van der Waals surface area contributed by atoms with Crippen LogP contribution < -0.4 is 10.1 Å². The van der Waals surface area contributed by atoms with E-state index in [0.717, 1.165) is 16.9 Å². The first-order chi connectivity index (χ1) is 15.6. The Kier molecular flexibility index (Phi) is 6.51. The smallest absolute Gasteiger partial charge is 0.237 e. The Balaban J connectivity index is 1.69. The number of carbonyl (C=O) groups excluding carboxylic acids is 1. The number of thioether (sulfide) groups is 1. The van der Waals surface area contributed by atoms with Crippen molar-refractivity contribution in [3.05, 3.63) is 78.5 Å². The normalized spacial score (nSPS) is 11.7. The number of aromatic nitrogens is 4. The van der Waals surface area contributed by atoms with Crippen molar-refractivity contribution < 1.29 is 9.53 Å². The number of benzene rings is 2. The molecule has 1 N–H and O–H groups in total. The van der Waals surface area contributed by atoms with Gasteiger partial charge in [-0.2, -0.15) is 0 Å². The topological polar surface area (TPSA) is 81.9 Å². The van der Waals surface area contributed by atoms with Gasteiger partial charge in [-0.3, -0.25) is 14.3 Å². The highest BCUT2D eigenvalue weighted by atomic mass is 32.2. The van der Waals surface area contributed by atoms with Crippen molar-refractivity contribution in [3.8, 4) is 23.0 Å². The van der Waals surface area contributed by atoms with Gasteiger partial charge in [-0.1, -0.05) is 48.2 Å². The van der Waals surface area contributed by atoms with E-state index in [1.807, 2.05) is 85.1 Å². The van der Waals surface area contributed by atoms with Gasteiger partial charge in [0.2, 0.25) is 5.91 Å². The van der Waals surface area contributed by atoms with E-state index in [9.17, 15) is 4.79 Å². The van der Waals surface area contributed by atoms with Crippen LogP contribution in [0.15, 0.2) is 78.1 Å². The molecule has 0 aliphatic heterocycles. The van der Waals surface area contributed by atoms with Crippen LogP contribution in [-0.4, -0.2) is 38.0 Å². The van der Waals surface area contributed by atoms with E-state index >= 15 is 0 Å². The van der Waals surface area contributed by atoms with Gasteiger partial charge in [0.25, 0.3) is 0 Å². The lowest BCUT2D eigenvalue weighted by molar-refractivity contribution is -0.115. The third kappa shape index (κ3) is 4.50. The maximum absolute atomic E-state index is 12.9. The van der Waals surface area contributed by atoms with E-state index in [1.165, 1.54) is 11.8 Å². The summed E-state index contributed by atoms with van der Waals surface area (Å²) in [6, 6.07) is 20.9. The van der Waals surface area contributed by atoms with Gasteiger partial charge >= 0.3 is 0 Å². The molecule has 1 atom stereocenters. The number of nitrogens with one attached hydrogen (secondary N) is 1. The molecule has 0 aliphatic carbocycles. The SMILES string of the molecule is COc1ccccc1-n1c(S[C@H](C)C(=O)Nc2ccccc2C)nnc1-c1ccccn1. The average molecular weight is 446 g/mol. The summed E-state index contributed by atoms with van der Waals surface area (Å²) in [5, 5.41) is 11.9. The fourth-order valence-corrected chi connectivity index (χ4v) is 4.06. The molecular formula is C24H23N5O2S. The van der Waals surface area contributed by atoms with Crippen LogP contribution in [-0.2, 0) is 4.79 Å². The number of para-hydroxylation sites is 3. The number of carbonyl (C=O) groups is 1. The van der Waals surface area contributed by atoms with Crippen molar-refractivity contribution in [2.24, 2.45) is 0 Å². The van der Waals surface area contributed by atoms with Crippen molar-refractivity contribution in [1.29, 1.82) is 0 Å². The quantitative estimate of drug-likeness (QED) is 0.413. The molecule has 8 heteroatoms. The minimum absolute atomic E-state index is 0.113. The van der Waals surface area contributed by atoms with Crippen LogP contribution in [0.25, 0.3) is 17.2 Å². The predicted octanol–water partition coefficient (Wildman–Crippen LogP) is 4.77. The molecule has 0 saturated carbocycles. The second kappa shape index (κ2) is 9.65. The number of amides is 1. The summed E-state index contributed by atoms with van der Waals surface area (Å²) in [6.07, 6.45) is 1.71. The van der Waals surface area contributed by atoms with E-state index in [-0.39, 0.29) is 5.91 Å². The van der Waals surface area contributed by atoms with Crippen molar-refractivity contribution in [3.63, 3.8) is 0 Å². The van der Waals surface area contributed by atoms with Crippen LogP contribution in [0.2, 0.25) is 0 Å². The number of methoxy groups -OCH3 is 1. The molecule has 0 unspecified atom stereocenters. The Bertz CT molecular complexity index is 1230. The molecule has 0 spiro atoms. The highest BCUT2D eigenvalue weighted by molar-refractivity contribution is 8.00. The van der Waals surface area contributed by atoms with Gasteiger partial charge in [-0.15, -0.1) is 10.2 Å². The summed E-state index contributed by atoms with van der Waals surface area (Å²) in [5.41, 5.74) is 3.25. The summed E-state index contributed by atoms with van der Waals surface area (Å²) >= 11 is 1.33. The number of pyridine rings is 1. The molecule has 32 heavy (non-hydrogen) atoms. The second-order valence-electron chi connectivity index (χ2n) is 7.09. The van der Waals surface area contributed by atoms with Gasteiger partial charge in [0, 0.05) is 11.9 Å². The Labute approximate surface area is 190 Å². The highest BCUT2D eigenvalue weighted by Crippen LogP contribution is 2.33. The van der Waals surface area contributed by atoms with Gasteiger partial charge in [0.1, 0.15) is 11.4 Å². The third-order valence-electron chi connectivity index (χ3n) is 4.91. The van der Waals surface area contributed by atoms with Gasteiger partial charge in [0.05, 0.1) is 18.0 Å². The number of aryl methyl sites for hydroxylation is 1. The molecule has 0 fully saturated rings. The number of nitrogens with zero attached hydrogens (tertiary/aromatic N) is 4. The summed E-state index contributed by atoms with van der Waals surface area (Å²) in [6.45, 7) is 3.81. The van der Waals surface area contributed by atoms with Gasteiger partial charge < -0.3 is 10.1 Å². The average Bonchev–Trinajstić information content (AvgIpc) is 3.24. The van der Waals surface area contributed by atoms with Crippen LogP contribution in [0.5, 0.6) is 5.75 Å². The third-order valence-corrected chi connectivity index (χ3v) is 5.95. The molecule has 4 aromatic rings. The largest absolute Gasteiger partial charge is 0.495 e. The number of anilines is 1. The minimum Gasteiger partial charge on any atom is -0.495 e. The molecule has 0 saturated heterocycles. The number of rotatable bonds is 7. The molecular weight excluding hydrogens is 422 g/mol. The minimum atomic E-state index is -0.413. The molecule has 1 amide bonds. The molecule has 2 aromatic heterocycles. The van der Waals surface area contributed by atoms with Crippen molar-refractivity contribution >= 4 is 23.4 Å². The van der Waals surface area contributed by atoms with E-state index < -0.39 is 5.25 Å². The Morgan fingerprint density at radius 1 is 1.03 bits per heavy atom.